The van der Waals surface area contributed by atoms with Crippen LogP contribution >= 0.6 is 11.6 Å². The first-order valence-electron chi connectivity index (χ1n) is 5.39. The van der Waals surface area contributed by atoms with E-state index in [0.29, 0.717) is 18.1 Å². The molecule has 0 fully saturated rings. The lowest BCUT2D eigenvalue weighted by molar-refractivity contribution is -0.143. The van der Waals surface area contributed by atoms with E-state index < -0.39 is 0 Å². The second kappa shape index (κ2) is 4.74. The van der Waals surface area contributed by atoms with Crippen LogP contribution in [0.1, 0.15) is 18.9 Å². The molecule has 86 valence electrons. The van der Waals surface area contributed by atoms with Gasteiger partial charge in [-0.2, -0.15) is 0 Å². The Morgan fingerprint density at radius 1 is 1.62 bits per heavy atom. The molecule has 2 rings (SSSR count). The SMILES string of the molecule is CCOC(=O)CC1Cc2ccc(Cl)cc2N1. The van der Waals surface area contributed by atoms with Gasteiger partial charge >= 0.3 is 5.97 Å². The summed E-state index contributed by atoms with van der Waals surface area (Å²) in [6.45, 7) is 2.25. The van der Waals surface area contributed by atoms with Crippen LogP contribution in [0.2, 0.25) is 5.02 Å². The molecule has 16 heavy (non-hydrogen) atoms. The molecule has 0 spiro atoms. The van der Waals surface area contributed by atoms with Crippen molar-refractivity contribution in [1.82, 2.24) is 0 Å². The number of esters is 1. The van der Waals surface area contributed by atoms with Gasteiger partial charge in [0.2, 0.25) is 0 Å². The molecule has 0 amide bonds. The van der Waals surface area contributed by atoms with E-state index in [2.05, 4.69) is 5.32 Å². The highest BCUT2D eigenvalue weighted by Gasteiger charge is 2.23. The van der Waals surface area contributed by atoms with E-state index in [1.54, 1.807) is 0 Å². The summed E-state index contributed by atoms with van der Waals surface area (Å²) in [7, 11) is 0. The Labute approximate surface area is 99.7 Å². The van der Waals surface area contributed by atoms with E-state index in [4.69, 9.17) is 16.3 Å². The molecule has 1 aliphatic rings. The number of carbonyl (C=O) groups is 1. The fraction of sp³-hybridized carbons (Fsp3) is 0.417. The standard InChI is InChI=1S/C12H14ClNO2/c1-2-16-12(15)7-10-5-8-3-4-9(13)6-11(8)14-10/h3-4,6,10,14H,2,5,7H2,1H3. The van der Waals surface area contributed by atoms with Gasteiger partial charge in [-0.25, -0.2) is 0 Å². The first kappa shape index (κ1) is 11.3. The number of rotatable bonds is 3. The molecule has 1 aliphatic heterocycles. The lowest BCUT2D eigenvalue weighted by Crippen LogP contribution is -2.21. The summed E-state index contributed by atoms with van der Waals surface area (Å²) in [6, 6.07) is 5.89. The normalized spacial score (nSPS) is 17.8. The Hall–Kier alpha value is -1.22. The van der Waals surface area contributed by atoms with E-state index in [1.165, 1.54) is 5.56 Å². The highest BCUT2D eigenvalue weighted by Crippen LogP contribution is 2.29. The Morgan fingerprint density at radius 3 is 3.19 bits per heavy atom. The van der Waals surface area contributed by atoms with Crippen LogP contribution in [-0.4, -0.2) is 18.6 Å². The average Bonchev–Trinajstić information content (AvgIpc) is 2.59. The first-order valence-corrected chi connectivity index (χ1v) is 5.77. The largest absolute Gasteiger partial charge is 0.466 e. The summed E-state index contributed by atoms with van der Waals surface area (Å²) in [5.74, 6) is -0.154. The smallest absolute Gasteiger partial charge is 0.307 e. The third-order valence-electron chi connectivity index (χ3n) is 2.62. The number of carbonyl (C=O) groups excluding carboxylic acids is 1. The molecule has 1 aromatic rings. The van der Waals surface area contributed by atoms with Gasteiger partial charge in [-0.1, -0.05) is 17.7 Å². The molecule has 1 atom stereocenters. The van der Waals surface area contributed by atoms with E-state index in [-0.39, 0.29) is 12.0 Å². The number of benzene rings is 1. The minimum atomic E-state index is -0.154. The van der Waals surface area contributed by atoms with Crippen LogP contribution in [0, 0.1) is 0 Å². The summed E-state index contributed by atoms with van der Waals surface area (Å²) in [5.41, 5.74) is 2.24. The predicted molar refractivity (Wildman–Crippen MR) is 63.8 cm³/mol. The van der Waals surface area contributed by atoms with Crippen LogP contribution in [0.5, 0.6) is 0 Å². The number of fused-ring (bicyclic) bond motifs is 1. The van der Waals surface area contributed by atoms with Crippen molar-refractivity contribution in [3.8, 4) is 0 Å². The van der Waals surface area contributed by atoms with Crippen LogP contribution < -0.4 is 5.32 Å². The van der Waals surface area contributed by atoms with Crippen LogP contribution in [0.15, 0.2) is 18.2 Å². The lowest BCUT2D eigenvalue weighted by atomic mass is 10.1. The van der Waals surface area contributed by atoms with Gasteiger partial charge in [-0.05, 0) is 31.0 Å². The molecular weight excluding hydrogens is 226 g/mol. The van der Waals surface area contributed by atoms with Crippen molar-refractivity contribution >= 4 is 23.3 Å². The quantitative estimate of drug-likeness (QED) is 0.825. The van der Waals surface area contributed by atoms with Gasteiger partial charge in [0, 0.05) is 16.8 Å². The van der Waals surface area contributed by atoms with Crippen molar-refractivity contribution in [2.75, 3.05) is 11.9 Å². The van der Waals surface area contributed by atoms with Crippen molar-refractivity contribution < 1.29 is 9.53 Å². The Morgan fingerprint density at radius 2 is 2.44 bits per heavy atom. The van der Waals surface area contributed by atoms with Gasteiger partial charge in [-0.15, -0.1) is 0 Å². The molecule has 1 unspecified atom stereocenters. The third kappa shape index (κ3) is 2.47. The van der Waals surface area contributed by atoms with Crippen molar-refractivity contribution in [3.63, 3.8) is 0 Å². The van der Waals surface area contributed by atoms with E-state index in [9.17, 15) is 4.79 Å². The zero-order valence-corrected chi connectivity index (χ0v) is 9.88. The topological polar surface area (TPSA) is 38.3 Å². The van der Waals surface area contributed by atoms with E-state index in [0.717, 1.165) is 12.1 Å². The summed E-state index contributed by atoms with van der Waals surface area (Å²) < 4.78 is 4.92. The second-order valence-corrected chi connectivity index (χ2v) is 4.29. The van der Waals surface area contributed by atoms with Gasteiger partial charge in [0.25, 0.3) is 0 Å². The molecule has 4 heteroatoms. The van der Waals surface area contributed by atoms with Crippen molar-refractivity contribution in [2.45, 2.75) is 25.8 Å². The number of anilines is 1. The number of hydrogen-bond donors (Lipinski definition) is 1. The maximum atomic E-state index is 11.3. The highest BCUT2D eigenvalue weighted by atomic mass is 35.5. The minimum absolute atomic E-state index is 0.132. The molecule has 0 aliphatic carbocycles. The van der Waals surface area contributed by atoms with Crippen LogP contribution in [0.4, 0.5) is 5.69 Å². The molecule has 3 nitrogen and oxygen atoms in total. The lowest BCUT2D eigenvalue weighted by Gasteiger charge is -2.09. The zero-order valence-electron chi connectivity index (χ0n) is 9.13. The molecule has 1 N–H and O–H groups in total. The number of ether oxygens (including phenoxy) is 1. The van der Waals surface area contributed by atoms with Crippen LogP contribution in [0.3, 0.4) is 0 Å². The van der Waals surface area contributed by atoms with Crippen molar-refractivity contribution in [3.05, 3.63) is 28.8 Å². The Balaban J connectivity index is 1.97. The monoisotopic (exact) mass is 239 g/mol. The summed E-state index contributed by atoms with van der Waals surface area (Å²) >= 11 is 5.89. The van der Waals surface area contributed by atoms with Gasteiger partial charge in [-0.3, -0.25) is 4.79 Å². The first-order chi connectivity index (χ1) is 7.69. The summed E-state index contributed by atoms with van der Waals surface area (Å²) in [5, 5.41) is 3.99. The van der Waals surface area contributed by atoms with Crippen molar-refractivity contribution in [1.29, 1.82) is 0 Å². The van der Waals surface area contributed by atoms with Crippen LogP contribution in [-0.2, 0) is 16.0 Å². The van der Waals surface area contributed by atoms with Crippen molar-refractivity contribution in [2.24, 2.45) is 0 Å². The third-order valence-corrected chi connectivity index (χ3v) is 2.85. The number of nitrogens with one attached hydrogen (secondary N) is 1. The van der Waals surface area contributed by atoms with Gasteiger partial charge in [0.1, 0.15) is 0 Å². The molecule has 0 bridgehead atoms. The fourth-order valence-corrected chi connectivity index (χ4v) is 2.11. The predicted octanol–water partition coefficient (Wildman–Crippen LogP) is 2.63. The number of hydrogen-bond acceptors (Lipinski definition) is 3. The maximum absolute atomic E-state index is 11.3. The molecule has 1 heterocycles. The molecular formula is C12H14ClNO2. The molecule has 0 saturated heterocycles. The minimum Gasteiger partial charge on any atom is -0.466 e. The van der Waals surface area contributed by atoms with Gasteiger partial charge in [0.05, 0.1) is 13.0 Å². The molecule has 1 aromatic carbocycles. The molecule has 0 radical (unpaired) electrons. The number of halogens is 1. The average molecular weight is 240 g/mol. The Kier molecular flexibility index (Phi) is 3.34. The Bertz CT molecular complexity index is 406. The van der Waals surface area contributed by atoms with Crippen LogP contribution in [0.25, 0.3) is 0 Å². The maximum Gasteiger partial charge on any atom is 0.307 e. The van der Waals surface area contributed by atoms with Gasteiger partial charge < -0.3 is 10.1 Å². The van der Waals surface area contributed by atoms with E-state index >= 15 is 0 Å². The fourth-order valence-electron chi connectivity index (χ4n) is 1.94. The van der Waals surface area contributed by atoms with Gasteiger partial charge in [0.15, 0.2) is 0 Å². The molecule has 0 aromatic heterocycles. The molecule has 0 saturated carbocycles. The summed E-state index contributed by atoms with van der Waals surface area (Å²) in [6.07, 6.45) is 1.26. The van der Waals surface area contributed by atoms with E-state index in [1.807, 2.05) is 25.1 Å². The summed E-state index contributed by atoms with van der Waals surface area (Å²) in [4.78, 5) is 11.3. The zero-order chi connectivity index (χ0) is 11.5. The highest BCUT2D eigenvalue weighted by molar-refractivity contribution is 6.30. The second-order valence-electron chi connectivity index (χ2n) is 3.86.